The first kappa shape index (κ1) is 13.6. The first-order valence-electron chi connectivity index (χ1n) is 6.74. The molecular weight excluding hydrogens is 234 g/mol. The van der Waals surface area contributed by atoms with Crippen LogP contribution in [0.3, 0.4) is 0 Å². The van der Waals surface area contributed by atoms with Crippen LogP contribution in [0.2, 0.25) is 0 Å². The third kappa shape index (κ3) is 3.83. The molecule has 6 nitrogen and oxygen atoms in total. The van der Waals surface area contributed by atoms with Gasteiger partial charge in [-0.05, 0) is 19.3 Å². The summed E-state index contributed by atoms with van der Waals surface area (Å²) in [6, 6.07) is 0.214. The summed E-state index contributed by atoms with van der Waals surface area (Å²) < 4.78 is 10.8. The van der Waals surface area contributed by atoms with Gasteiger partial charge in [-0.15, -0.1) is 0 Å². The van der Waals surface area contributed by atoms with Crippen molar-refractivity contribution in [1.82, 2.24) is 10.2 Å². The Morgan fingerprint density at radius 3 is 2.78 bits per heavy atom. The zero-order valence-electron chi connectivity index (χ0n) is 10.8. The van der Waals surface area contributed by atoms with Gasteiger partial charge >= 0.3 is 6.03 Å². The van der Waals surface area contributed by atoms with Gasteiger partial charge in [-0.3, -0.25) is 0 Å². The maximum absolute atomic E-state index is 12.0. The highest BCUT2D eigenvalue weighted by Gasteiger charge is 2.25. The van der Waals surface area contributed by atoms with Crippen molar-refractivity contribution < 1.29 is 14.3 Å². The molecule has 0 saturated carbocycles. The molecule has 2 rings (SSSR count). The molecule has 2 fully saturated rings. The molecule has 6 heteroatoms. The molecular formula is C12H23N3O3. The molecule has 2 aliphatic heterocycles. The molecule has 0 aromatic carbocycles. The fourth-order valence-corrected chi connectivity index (χ4v) is 2.37. The summed E-state index contributed by atoms with van der Waals surface area (Å²) in [5, 5.41) is 3.01. The van der Waals surface area contributed by atoms with Crippen LogP contribution in [0, 0.1) is 0 Å². The Morgan fingerprint density at radius 2 is 2.17 bits per heavy atom. The number of hydrogen-bond donors (Lipinski definition) is 2. The van der Waals surface area contributed by atoms with Crippen LogP contribution in [-0.4, -0.2) is 62.5 Å². The van der Waals surface area contributed by atoms with Crippen LogP contribution in [0.4, 0.5) is 4.79 Å². The lowest BCUT2D eigenvalue weighted by atomic mass is 10.1. The summed E-state index contributed by atoms with van der Waals surface area (Å²) in [6.45, 7) is 4.07. The molecule has 0 radical (unpaired) electrons. The fourth-order valence-electron chi connectivity index (χ4n) is 2.37. The number of likely N-dealkylation sites (tertiary alicyclic amines) is 1. The van der Waals surface area contributed by atoms with Crippen molar-refractivity contribution in [2.75, 3.05) is 39.5 Å². The molecule has 2 amide bonds. The topological polar surface area (TPSA) is 76.8 Å². The fraction of sp³-hybridized carbons (Fsp3) is 0.917. The van der Waals surface area contributed by atoms with Gasteiger partial charge in [-0.25, -0.2) is 4.79 Å². The zero-order valence-corrected chi connectivity index (χ0v) is 10.8. The predicted octanol–water partition coefficient (Wildman–Crippen LogP) is -0.0754. The molecule has 1 unspecified atom stereocenters. The molecule has 18 heavy (non-hydrogen) atoms. The number of amides is 2. The molecule has 0 bridgehead atoms. The first-order valence-corrected chi connectivity index (χ1v) is 6.74. The van der Waals surface area contributed by atoms with E-state index in [2.05, 4.69) is 5.32 Å². The van der Waals surface area contributed by atoms with Crippen LogP contribution >= 0.6 is 0 Å². The number of ether oxygens (including phenoxy) is 2. The van der Waals surface area contributed by atoms with Crippen LogP contribution in [0.15, 0.2) is 0 Å². The molecule has 1 atom stereocenters. The van der Waals surface area contributed by atoms with E-state index in [1.54, 1.807) is 0 Å². The average Bonchev–Trinajstić information content (AvgIpc) is 2.89. The highest BCUT2D eigenvalue weighted by atomic mass is 16.5. The molecule has 3 N–H and O–H groups in total. The lowest BCUT2D eigenvalue weighted by Crippen LogP contribution is -2.49. The average molecular weight is 257 g/mol. The summed E-state index contributed by atoms with van der Waals surface area (Å²) in [7, 11) is 0. The number of nitrogens with two attached hydrogens (primary N) is 1. The van der Waals surface area contributed by atoms with Gasteiger partial charge in [0.05, 0.1) is 25.4 Å². The van der Waals surface area contributed by atoms with Gasteiger partial charge in [-0.2, -0.15) is 0 Å². The normalized spacial score (nSPS) is 25.4. The summed E-state index contributed by atoms with van der Waals surface area (Å²) in [5.41, 5.74) is 5.40. The Labute approximate surface area is 108 Å². The van der Waals surface area contributed by atoms with Crippen LogP contribution in [0.1, 0.15) is 19.3 Å². The molecule has 2 heterocycles. The standard InChI is InChI=1S/C12H23N3O3/c13-4-8-18-11-1-5-15(6-2-11)12(16)14-10-3-7-17-9-10/h10-11H,1-9,13H2,(H,14,16). The molecule has 104 valence electrons. The molecule has 0 aromatic heterocycles. The number of hydrogen-bond acceptors (Lipinski definition) is 4. The van der Waals surface area contributed by atoms with E-state index in [-0.39, 0.29) is 18.2 Å². The lowest BCUT2D eigenvalue weighted by molar-refractivity contribution is 0.0188. The summed E-state index contributed by atoms with van der Waals surface area (Å²) in [4.78, 5) is 13.8. The van der Waals surface area contributed by atoms with E-state index in [1.807, 2.05) is 4.90 Å². The van der Waals surface area contributed by atoms with Crippen molar-refractivity contribution in [3.05, 3.63) is 0 Å². The second kappa shape index (κ2) is 6.92. The highest BCUT2D eigenvalue weighted by Crippen LogP contribution is 2.14. The summed E-state index contributed by atoms with van der Waals surface area (Å²) >= 11 is 0. The van der Waals surface area contributed by atoms with Gasteiger partial charge in [0, 0.05) is 26.2 Å². The van der Waals surface area contributed by atoms with Crippen molar-refractivity contribution in [2.45, 2.75) is 31.4 Å². The van der Waals surface area contributed by atoms with Crippen LogP contribution < -0.4 is 11.1 Å². The number of carbonyl (C=O) groups excluding carboxylic acids is 1. The molecule has 0 spiro atoms. The minimum atomic E-state index is 0.0303. The predicted molar refractivity (Wildman–Crippen MR) is 67.4 cm³/mol. The smallest absolute Gasteiger partial charge is 0.317 e. The Kier molecular flexibility index (Phi) is 5.22. The third-order valence-corrected chi connectivity index (χ3v) is 3.46. The maximum atomic E-state index is 12.0. The van der Waals surface area contributed by atoms with Gasteiger partial charge in [0.1, 0.15) is 0 Å². The second-order valence-electron chi connectivity index (χ2n) is 4.86. The van der Waals surface area contributed by atoms with Gasteiger partial charge in [-0.1, -0.05) is 0 Å². The van der Waals surface area contributed by atoms with E-state index < -0.39 is 0 Å². The van der Waals surface area contributed by atoms with E-state index in [0.717, 1.165) is 39.0 Å². The minimum Gasteiger partial charge on any atom is -0.379 e. The molecule has 2 aliphatic rings. The number of nitrogens with one attached hydrogen (secondary N) is 1. The third-order valence-electron chi connectivity index (χ3n) is 3.46. The van der Waals surface area contributed by atoms with E-state index in [1.165, 1.54) is 0 Å². The molecule has 2 saturated heterocycles. The van der Waals surface area contributed by atoms with Crippen molar-refractivity contribution in [1.29, 1.82) is 0 Å². The summed E-state index contributed by atoms with van der Waals surface area (Å²) in [5.74, 6) is 0. The van der Waals surface area contributed by atoms with E-state index in [9.17, 15) is 4.79 Å². The number of urea groups is 1. The number of rotatable bonds is 4. The van der Waals surface area contributed by atoms with E-state index >= 15 is 0 Å². The zero-order chi connectivity index (χ0) is 12.8. The van der Waals surface area contributed by atoms with Crippen molar-refractivity contribution in [2.24, 2.45) is 5.73 Å². The van der Waals surface area contributed by atoms with Gasteiger partial charge in [0.2, 0.25) is 0 Å². The Balaban J connectivity index is 1.66. The van der Waals surface area contributed by atoms with Crippen LogP contribution in [0.5, 0.6) is 0 Å². The van der Waals surface area contributed by atoms with Crippen molar-refractivity contribution in [3.8, 4) is 0 Å². The first-order chi connectivity index (χ1) is 8.79. The minimum absolute atomic E-state index is 0.0303. The molecule has 0 aromatic rings. The van der Waals surface area contributed by atoms with Crippen molar-refractivity contribution in [3.63, 3.8) is 0 Å². The Morgan fingerprint density at radius 1 is 1.39 bits per heavy atom. The van der Waals surface area contributed by atoms with Crippen LogP contribution in [0.25, 0.3) is 0 Å². The van der Waals surface area contributed by atoms with E-state index in [0.29, 0.717) is 19.8 Å². The number of piperidine rings is 1. The monoisotopic (exact) mass is 257 g/mol. The number of nitrogens with zero attached hydrogens (tertiary/aromatic N) is 1. The van der Waals surface area contributed by atoms with Crippen molar-refractivity contribution >= 4 is 6.03 Å². The van der Waals surface area contributed by atoms with Gasteiger partial charge < -0.3 is 25.4 Å². The SMILES string of the molecule is NCCOC1CCN(C(=O)NC2CCOC2)CC1. The second-order valence-corrected chi connectivity index (χ2v) is 4.86. The maximum Gasteiger partial charge on any atom is 0.317 e. The quantitative estimate of drug-likeness (QED) is 0.739. The largest absolute Gasteiger partial charge is 0.379 e. The number of carbonyl (C=O) groups is 1. The van der Waals surface area contributed by atoms with Gasteiger partial charge in [0.15, 0.2) is 0 Å². The Bertz CT molecular complexity index is 261. The lowest BCUT2D eigenvalue weighted by Gasteiger charge is -2.32. The highest BCUT2D eigenvalue weighted by molar-refractivity contribution is 5.74. The molecule has 0 aliphatic carbocycles. The summed E-state index contributed by atoms with van der Waals surface area (Å²) in [6.07, 6.45) is 2.97. The van der Waals surface area contributed by atoms with Gasteiger partial charge in [0.25, 0.3) is 0 Å². The Hall–Kier alpha value is -0.850. The van der Waals surface area contributed by atoms with E-state index in [4.69, 9.17) is 15.2 Å². The van der Waals surface area contributed by atoms with Crippen LogP contribution in [-0.2, 0) is 9.47 Å².